The normalized spacial score (nSPS) is 11.3. The van der Waals surface area contributed by atoms with Gasteiger partial charge in [0.25, 0.3) is 5.56 Å². The first-order valence-corrected chi connectivity index (χ1v) is 10.2. The molecule has 4 rings (SSSR count). The van der Waals surface area contributed by atoms with Crippen molar-refractivity contribution in [3.05, 3.63) is 79.7 Å². The zero-order valence-electron chi connectivity index (χ0n) is 16.2. The fourth-order valence-corrected chi connectivity index (χ4v) is 3.69. The van der Waals surface area contributed by atoms with Gasteiger partial charge in [0.1, 0.15) is 6.54 Å². The number of fused-ring (bicyclic) bond motifs is 1. The van der Waals surface area contributed by atoms with Gasteiger partial charge in [0.15, 0.2) is 0 Å². The SMILES string of the molecule is COCCCn1c(=O)c2ccccc2n(Cc2nc(-c3cccc(Br)c3)no2)c1=O. The Balaban J connectivity index is 1.75. The van der Waals surface area contributed by atoms with E-state index in [1.165, 1.54) is 9.13 Å². The summed E-state index contributed by atoms with van der Waals surface area (Å²) < 4.78 is 14.1. The third kappa shape index (κ3) is 3.99. The lowest BCUT2D eigenvalue weighted by molar-refractivity contribution is 0.189. The predicted octanol–water partition coefficient (Wildman–Crippen LogP) is 3.06. The summed E-state index contributed by atoms with van der Waals surface area (Å²) in [5.74, 6) is 0.705. The number of ether oxygens (including phenoxy) is 1. The molecule has 8 nitrogen and oxygen atoms in total. The van der Waals surface area contributed by atoms with E-state index in [2.05, 4.69) is 26.1 Å². The molecule has 0 bridgehead atoms. The molecule has 0 aliphatic heterocycles. The molecule has 0 saturated carbocycles. The van der Waals surface area contributed by atoms with E-state index in [9.17, 15) is 9.59 Å². The van der Waals surface area contributed by atoms with E-state index >= 15 is 0 Å². The minimum Gasteiger partial charge on any atom is -0.385 e. The highest BCUT2D eigenvalue weighted by molar-refractivity contribution is 9.10. The second kappa shape index (κ2) is 8.76. The van der Waals surface area contributed by atoms with Gasteiger partial charge in [-0.15, -0.1) is 0 Å². The van der Waals surface area contributed by atoms with E-state index in [-0.39, 0.29) is 24.5 Å². The third-order valence-corrected chi connectivity index (χ3v) is 5.20. The van der Waals surface area contributed by atoms with Gasteiger partial charge in [-0.05, 0) is 30.7 Å². The molecule has 0 unspecified atom stereocenters. The van der Waals surface area contributed by atoms with Crippen molar-refractivity contribution in [1.29, 1.82) is 0 Å². The van der Waals surface area contributed by atoms with Crippen molar-refractivity contribution >= 4 is 26.8 Å². The maximum absolute atomic E-state index is 13.1. The molecule has 0 aliphatic carbocycles. The Morgan fingerprint density at radius 2 is 1.93 bits per heavy atom. The molecule has 0 N–H and O–H groups in total. The lowest BCUT2D eigenvalue weighted by Gasteiger charge is -2.12. The highest BCUT2D eigenvalue weighted by atomic mass is 79.9. The molecule has 9 heteroatoms. The van der Waals surface area contributed by atoms with E-state index in [4.69, 9.17) is 9.26 Å². The molecule has 4 aromatic rings. The Morgan fingerprint density at radius 1 is 1.10 bits per heavy atom. The monoisotopic (exact) mass is 470 g/mol. The van der Waals surface area contributed by atoms with Crippen LogP contribution in [-0.4, -0.2) is 33.0 Å². The van der Waals surface area contributed by atoms with Gasteiger partial charge in [0, 0.05) is 30.3 Å². The number of nitrogens with zero attached hydrogens (tertiary/aromatic N) is 4. The highest BCUT2D eigenvalue weighted by Crippen LogP contribution is 2.20. The number of aromatic nitrogens is 4. The van der Waals surface area contributed by atoms with Crippen LogP contribution in [0.15, 0.2) is 67.1 Å². The summed E-state index contributed by atoms with van der Waals surface area (Å²) in [6.07, 6.45) is 0.553. The first-order valence-electron chi connectivity index (χ1n) is 9.38. The minimum absolute atomic E-state index is 0.0604. The van der Waals surface area contributed by atoms with Gasteiger partial charge >= 0.3 is 5.69 Å². The molecule has 0 radical (unpaired) electrons. The Kier molecular flexibility index (Phi) is 5.91. The summed E-state index contributed by atoms with van der Waals surface area (Å²) in [5, 5.41) is 4.49. The number of benzene rings is 2. The summed E-state index contributed by atoms with van der Waals surface area (Å²) in [7, 11) is 1.58. The maximum Gasteiger partial charge on any atom is 0.331 e. The quantitative estimate of drug-likeness (QED) is 0.385. The van der Waals surface area contributed by atoms with Crippen LogP contribution in [0.25, 0.3) is 22.3 Å². The van der Waals surface area contributed by atoms with E-state index in [0.29, 0.717) is 29.8 Å². The largest absolute Gasteiger partial charge is 0.385 e. The third-order valence-electron chi connectivity index (χ3n) is 4.71. The fourth-order valence-electron chi connectivity index (χ4n) is 3.29. The van der Waals surface area contributed by atoms with Gasteiger partial charge < -0.3 is 9.26 Å². The molecule has 2 aromatic heterocycles. The minimum atomic E-state index is -0.419. The maximum atomic E-state index is 13.1. The van der Waals surface area contributed by atoms with Crippen LogP contribution >= 0.6 is 15.9 Å². The van der Waals surface area contributed by atoms with E-state index < -0.39 is 5.69 Å². The van der Waals surface area contributed by atoms with Crippen LogP contribution in [0.5, 0.6) is 0 Å². The zero-order chi connectivity index (χ0) is 21.1. The van der Waals surface area contributed by atoms with Crippen molar-refractivity contribution in [2.24, 2.45) is 0 Å². The van der Waals surface area contributed by atoms with Crippen molar-refractivity contribution in [2.75, 3.05) is 13.7 Å². The lowest BCUT2D eigenvalue weighted by atomic mass is 10.2. The Bertz CT molecular complexity index is 1310. The molecule has 2 aromatic carbocycles. The molecule has 0 spiro atoms. The molecule has 0 atom stereocenters. The average Bonchev–Trinajstić information content (AvgIpc) is 3.22. The Morgan fingerprint density at radius 3 is 2.73 bits per heavy atom. The van der Waals surface area contributed by atoms with Crippen molar-refractivity contribution in [1.82, 2.24) is 19.3 Å². The second-order valence-corrected chi connectivity index (χ2v) is 7.63. The smallest absolute Gasteiger partial charge is 0.331 e. The van der Waals surface area contributed by atoms with Crippen molar-refractivity contribution in [3.63, 3.8) is 0 Å². The summed E-state index contributed by atoms with van der Waals surface area (Å²) in [5.41, 5.74) is 0.583. The number of methoxy groups -OCH3 is 1. The van der Waals surface area contributed by atoms with Crippen LogP contribution in [0.2, 0.25) is 0 Å². The van der Waals surface area contributed by atoms with Crippen LogP contribution < -0.4 is 11.2 Å². The molecular weight excluding hydrogens is 452 g/mol. The molecule has 2 heterocycles. The van der Waals surface area contributed by atoms with Crippen molar-refractivity contribution < 1.29 is 9.26 Å². The molecule has 0 saturated heterocycles. The van der Waals surface area contributed by atoms with E-state index in [1.807, 2.05) is 24.3 Å². The standard InChI is InChI=1S/C21H19BrN4O4/c1-29-11-5-10-25-20(27)16-8-2-3-9-17(16)26(21(25)28)13-18-23-19(24-30-18)14-6-4-7-15(22)12-14/h2-4,6-9,12H,5,10-11,13H2,1H3. The first-order chi connectivity index (χ1) is 14.6. The first kappa shape index (κ1) is 20.2. The van der Waals surface area contributed by atoms with Gasteiger partial charge in [0.2, 0.25) is 11.7 Å². The van der Waals surface area contributed by atoms with Gasteiger partial charge in [-0.2, -0.15) is 4.98 Å². The van der Waals surface area contributed by atoms with Crippen molar-refractivity contribution in [3.8, 4) is 11.4 Å². The van der Waals surface area contributed by atoms with Crippen LogP contribution in [-0.2, 0) is 17.8 Å². The molecule has 0 amide bonds. The van der Waals surface area contributed by atoms with Gasteiger partial charge in [0.05, 0.1) is 10.9 Å². The van der Waals surface area contributed by atoms with Crippen LogP contribution in [0, 0.1) is 0 Å². The van der Waals surface area contributed by atoms with E-state index in [0.717, 1.165) is 10.0 Å². The summed E-state index contributed by atoms with van der Waals surface area (Å²) in [4.78, 5) is 30.4. The Hall–Kier alpha value is -3.04. The van der Waals surface area contributed by atoms with Crippen LogP contribution in [0.1, 0.15) is 12.3 Å². The van der Waals surface area contributed by atoms with Crippen molar-refractivity contribution in [2.45, 2.75) is 19.5 Å². The van der Waals surface area contributed by atoms with Gasteiger partial charge in [-0.1, -0.05) is 45.4 Å². The van der Waals surface area contributed by atoms with Gasteiger partial charge in [-0.25, -0.2) is 4.79 Å². The summed E-state index contributed by atoms with van der Waals surface area (Å²) >= 11 is 3.42. The number of halogens is 1. The zero-order valence-corrected chi connectivity index (χ0v) is 17.8. The molecular formula is C21H19BrN4O4. The van der Waals surface area contributed by atoms with E-state index in [1.54, 1.807) is 31.4 Å². The lowest BCUT2D eigenvalue weighted by Crippen LogP contribution is -2.40. The molecule has 30 heavy (non-hydrogen) atoms. The van der Waals surface area contributed by atoms with Crippen LogP contribution in [0.3, 0.4) is 0 Å². The number of rotatable bonds is 7. The molecule has 0 fully saturated rings. The highest BCUT2D eigenvalue weighted by Gasteiger charge is 2.16. The second-order valence-electron chi connectivity index (χ2n) is 6.71. The average molecular weight is 471 g/mol. The topological polar surface area (TPSA) is 92.2 Å². The predicted molar refractivity (Wildman–Crippen MR) is 115 cm³/mol. The summed E-state index contributed by atoms with van der Waals surface area (Å²) in [6.45, 7) is 0.784. The summed E-state index contributed by atoms with van der Waals surface area (Å²) in [6, 6.07) is 14.5. The fraction of sp³-hybridized carbons (Fsp3) is 0.238. The van der Waals surface area contributed by atoms with Crippen LogP contribution in [0.4, 0.5) is 0 Å². The number of hydrogen-bond acceptors (Lipinski definition) is 6. The molecule has 0 aliphatic rings. The van der Waals surface area contributed by atoms with Gasteiger partial charge in [-0.3, -0.25) is 13.9 Å². The molecule has 154 valence electrons. The number of para-hydroxylation sites is 1. The Labute approximate surface area is 179 Å². The number of hydrogen-bond donors (Lipinski definition) is 0.